The van der Waals surface area contributed by atoms with Gasteiger partial charge in [-0.3, -0.25) is 14.5 Å². The van der Waals surface area contributed by atoms with Crippen LogP contribution < -0.4 is 5.32 Å². The van der Waals surface area contributed by atoms with E-state index in [1.54, 1.807) is 23.2 Å². The highest BCUT2D eigenvalue weighted by molar-refractivity contribution is 6.42. The predicted molar refractivity (Wildman–Crippen MR) is 123 cm³/mol. The maximum Gasteiger partial charge on any atom is 0.299 e. The molecule has 0 unspecified atom stereocenters. The Morgan fingerprint density at radius 3 is 2.53 bits per heavy atom. The summed E-state index contributed by atoms with van der Waals surface area (Å²) < 4.78 is 5.25. The first-order valence-electron chi connectivity index (χ1n) is 10.5. The number of rotatable bonds is 7. The van der Waals surface area contributed by atoms with E-state index in [2.05, 4.69) is 21.8 Å². The number of hydrogen-bond donors (Lipinski definition) is 1. The Morgan fingerprint density at radius 1 is 1.16 bits per heavy atom. The van der Waals surface area contributed by atoms with E-state index in [0.717, 1.165) is 31.7 Å². The number of oxazole rings is 1. The Balaban J connectivity index is 1.29. The lowest BCUT2D eigenvalue weighted by atomic mass is 10.0. The largest absolute Gasteiger partial charge is 0.432 e. The normalized spacial score (nSPS) is 17.2. The zero-order valence-electron chi connectivity index (χ0n) is 17.6. The summed E-state index contributed by atoms with van der Waals surface area (Å²) in [6, 6.07) is 4.20. The molecule has 1 aromatic heterocycles. The summed E-state index contributed by atoms with van der Waals surface area (Å²) >= 11 is 12.4. The number of anilines is 2. The van der Waals surface area contributed by atoms with Gasteiger partial charge in [-0.2, -0.15) is 0 Å². The molecule has 1 aromatic carbocycles. The molecule has 0 saturated carbocycles. The monoisotopic (exact) mass is 477 g/mol. The highest BCUT2D eigenvalue weighted by Crippen LogP contribution is 2.31. The molecule has 0 bridgehead atoms. The van der Waals surface area contributed by atoms with Crippen molar-refractivity contribution in [2.45, 2.75) is 18.9 Å². The molecular weight excluding hydrogens is 453 g/mol. The van der Waals surface area contributed by atoms with Gasteiger partial charge in [-0.25, -0.2) is 4.98 Å². The third-order valence-corrected chi connectivity index (χ3v) is 6.68. The minimum absolute atomic E-state index is 0.0194. The second-order valence-corrected chi connectivity index (χ2v) is 8.72. The standard InChI is InChI=1S/C22H25Cl2N5O3/c1-2-20(30)29-13-16(14-29)27-6-8-28(9-7-27)21(31)4-3-15-11-17(23)18(24)12-19(15)26-22-25-5-10-32-22/h2,5,10-12,16H,1,3-4,6-9,13-14H2,(H,25,26). The first kappa shape index (κ1) is 22.6. The van der Waals surface area contributed by atoms with Crippen LogP contribution in [0.5, 0.6) is 0 Å². The number of carbonyl (C=O) groups is 2. The van der Waals surface area contributed by atoms with Crippen LogP contribution >= 0.6 is 23.2 Å². The summed E-state index contributed by atoms with van der Waals surface area (Å²) in [6.07, 6.45) is 5.25. The molecule has 2 aromatic rings. The Kier molecular flexibility index (Phi) is 7.03. The summed E-state index contributed by atoms with van der Waals surface area (Å²) in [5.74, 6) is 0.0870. The van der Waals surface area contributed by atoms with Gasteiger partial charge in [0.1, 0.15) is 6.26 Å². The van der Waals surface area contributed by atoms with Crippen LogP contribution in [0.2, 0.25) is 10.0 Å². The van der Waals surface area contributed by atoms with Crippen molar-refractivity contribution in [2.24, 2.45) is 0 Å². The number of amides is 2. The van der Waals surface area contributed by atoms with Crippen molar-refractivity contribution in [1.29, 1.82) is 0 Å². The molecule has 0 radical (unpaired) electrons. The third-order valence-electron chi connectivity index (χ3n) is 5.96. The van der Waals surface area contributed by atoms with E-state index in [0.29, 0.717) is 53.7 Å². The average Bonchev–Trinajstić information content (AvgIpc) is 3.27. The Labute approximate surface area is 196 Å². The highest BCUT2D eigenvalue weighted by Gasteiger charge is 2.35. The average molecular weight is 478 g/mol. The molecule has 2 aliphatic heterocycles. The van der Waals surface area contributed by atoms with Gasteiger partial charge in [0.15, 0.2) is 0 Å². The summed E-state index contributed by atoms with van der Waals surface area (Å²) in [5.41, 5.74) is 1.58. The fraction of sp³-hybridized carbons (Fsp3) is 0.409. The van der Waals surface area contributed by atoms with E-state index in [1.807, 2.05) is 4.90 Å². The van der Waals surface area contributed by atoms with E-state index >= 15 is 0 Å². The lowest BCUT2D eigenvalue weighted by molar-refractivity contribution is -0.136. The molecule has 0 aliphatic carbocycles. The second-order valence-electron chi connectivity index (χ2n) is 7.90. The number of aryl methyl sites for hydroxylation is 1. The Morgan fingerprint density at radius 2 is 1.88 bits per heavy atom. The van der Waals surface area contributed by atoms with E-state index in [4.69, 9.17) is 27.6 Å². The van der Waals surface area contributed by atoms with Crippen molar-refractivity contribution in [3.63, 3.8) is 0 Å². The second kappa shape index (κ2) is 9.94. The van der Waals surface area contributed by atoms with E-state index < -0.39 is 0 Å². The van der Waals surface area contributed by atoms with Gasteiger partial charge in [-0.15, -0.1) is 0 Å². The number of piperazine rings is 1. The lowest BCUT2D eigenvalue weighted by Gasteiger charge is -2.47. The molecule has 4 rings (SSSR count). The fourth-order valence-electron chi connectivity index (χ4n) is 4.04. The number of hydrogen-bond acceptors (Lipinski definition) is 6. The zero-order valence-corrected chi connectivity index (χ0v) is 19.1. The predicted octanol–water partition coefficient (Wildman–Crippen LogP) is 3.20. The number of likely N-dealkylation sites (tertiary alicyclic amines) is 1. The van der Waals surface area contributed by atoms with E-state index in [-0.39, 0.29) is 11.8 Å². The van der Waals surface area contributed by atoms with Crippen LogP contribution in [0, 0.1) is 0 Å². The van der Waals surface area contributed by atoms with Crippen molar-refractivity contribution < 1.29 is 14.0 Å². The fourth-order valence-corrected chi connectivity index (χ4v) is 4.39. The Hall–Kier alpha value is -2.55. The van der Waals surface area contributed by atoms with Crippen molar-refractivity contribution in [3.8, 4) is 0 Å². The van der Waals surface area contributed by atoms with Gasteiger partial charge in [-0.1, -0.05) is 29.8 Å². The van der Waals surface area contributed by atoms with Gasteiger partial charge in [0.25, 0.3) is 6.01 Å². The number of benzene rings is 1. The van der Waals surface area contributed by atoms with Gasteiger partial charge in [0.05, 0.1) is 16.2 Å². The minimum atomic E-state index is -0.0194. The van der Waals surface area contributed by atoms with Gasteiger partial charge >= 0.3 is 0 Å². The molecule has 3 heterocycles. The summed E-state index contributed by atoms with van der Waals surface area (Å²) in [4.78, 5) is 34.5. The molecule has 0 atom stereocenters. The molecule has 2 aliphatic rings. The van der Waals surface area contributed by atoms with Crippen molar-refractivity contribution >= 4 is 46.7 Å². The van der Waals surface area contributed by atoms with E-state index in [9.17, 15) is 9.59 Å². The van der Waals surface area contributed by atoms with Gasteiger partial charge in [0.2, 0.25) is 11.8 Å². The van der Waals surface area contributed by atoms with Crippen LogP contribution in [-0.4, -0.2) is 76.8 Å². The lowest BCUT2D eigenvalue weighted by Crippen LogP contribution is -2.64. The van der Waals surface area contributed by atoms with Crippen LogP contribution in [0.4, 0.5) is 11.7 Å². The van der Waals surface area contributed by atoms with Crippen LogP contribution in [0.3, 0.4) is 0 Å². The molecule has 1 N–H and O–H groups in total. The Bertz CT molecular complexity index is 984. The molecule has 2 saturated heterocycles. The van der Waals surface area contributed by atoms with Crippen LogP contribution in [0.1, 0.15) is 12.0 Å². The van der Waals surface area contributed by atoms with Gasteiger partial charge in [-0.05, 0) is 30.2 Å². The first-order chi connectivity index (χ1) is 15.4. The molecule has 8 nitrogen and oxygen atoms in total. The highest BCUT2D eigenvalue weighted by atomic mass is 35.5. The summed E-state index contributed by atoms with van der Waals surface area (Å²) in [7, 11) is 0. The number of aromatic nitrogens is 1. The number of nitrogens with one attached hydrogen (secondary N) is 1. The molecule has 0 spiro atoms. The summed E-state index contributed by atoms with van der Waals surface area (Å²) in [6.45, 7) is 8.00. The minimum Gasteiger partial charge on any atom is -0.432 e. The number of nitrogens with zero attached hydrogens (tertiary/aromatic N) is 4. The summed E-state index contributed by atoms with van der Waals surface area (Å²) in [5, 5.41) is 3.93. The van der Waals surface area contributed by atoms with Crippen LogP contribution in [-0.2, 0) is 16.0 Å². The molecule has 32 heavy (non-hydrogen) atoms. The van der Waals surface area contributed by atoms with Crippen LogP contribution in [0.25, 0.3) is 0 Å². The van der Waals surface area contributed by atoms with E-state index in [1.165, 1.54) is 12.3 Å². The molecule has 2 fully saturated rings. The zero-order chi connectivity index (χ0) is 22.7. The third kappa shape index (κ3) is 5.09. The molecule has 2 amide bonds. The number of carbonyl (C=O) groups excluding carboxylic acids is 2. The quantitative estimate of drug-likeness (QED) is 0.616. The first-order valence-corrected chi connectivity index (χ1v) is 11.3. The van der Waals surface area contributed by atoms with Crippen molar-refractivity contribution in [1.82, 2.24) is 19.7 Å². The van der Waals surface area contributed by atoms with Gasteiger partial charge in [0, 0.05) is 57.4 Å². The topological polar surface area (TPSA) is 81.9 Å². The van der Waals surface area contributed by atoms with Crippen LogP contribution in [0.15, 0.2) is 41.7 Å². The van der Waals surface area contributed by atoms with Crippen molar-refractivity contribution in [2.75, 3.05) is 44.6 Å². The maximum absolute atomic E-state index is 12.8. The molecule has 170 valence electrons. The number of halogens is 2. The van der Waals surface area contributed by atoms with Crippen molar-refractivity contribution in [3.05, 3.63) is 52.9 Å². The maximum atomic E-state index is 12.8. The van der Waals surface area contributed by atoms with Gasteiger partial charge < -0.3 is 19.5 Å². The molecular formula is C22H25Cl2N5O3. The SMILES string of the molecule is C=CC(=O)N1CC(N2CCN(C(=O)CCc3cc(Cl)c(Cl)cc3Nc3ncco3)CC2)C1. The molecule has 10 heteroatoms. The smallest absolute Gasteiger partial charge is 0.299 e.